The molecule has 1 aliphatic rings. The molecular formula is C18H15F3N4O. The molecule has 134 valence electrons. The minimum Gasteiger partial charge on any atom is -0.334 e. The van der Waals surface area contributed by atoms with Crippen LogP contribution in [0.5, 0.6) is 0 Å². The number of nitrogens with one attached hydrogen (secondary N) is 1. The number of aromatic amines is 1. The Labute approximate surface area is 146 Å². The highest BCUT2D eigenvalue weighted by atomic mass is 19.4. The fourth-order valence-corrected chi connectivity index (χ4v) is 3.40. The highest BCUT2D eigenvalue weighted by Crippen LogP contribution is 2.34. The lowest BCUT2D eigenvalue weighted by Crippen LogP contribution is -2.39. The van der Waals surface area contributed by atoms with Gasteiger partial charge in [0.1, 0.15) is 5.52 Å². The van der Waals surface area contributed by atoms with E-state index in [2.05, 4.69) is 15.0 Å². The van der Waals surface area contributed by atoms with Crippen LogP contribution in [0.25, 0.3) is 11.0 Å². The predicted octanol–water partition coefficient (Wildman–Crippen LogP) is 3.74. The molecule has 3 heterocycles. The van der Waals surface area contributed by atoms with Gasteiger partial charge in [-0.25, -0.2) is 4.98 Å². The maximum Gasteiger partial charge on any atom is 0.418 e. The zero-order chi connectivity index (χ0) is 18.5. The lowest BCUT2D eigenvalue weighted by molar-refractivity contribution is -0.136. The van der Waals surface area contributed by atoms with Crippen LogP contribution in [0.15, 0.2) is 36.5 Å². The maximum absolute atomic E-state index is 13.2. The highest BCUT2D eigenvalue weighted by Gasteiger charge is 2.35. The van der Waals surface area contributed by atoms with Gasteiger partial charge in [0.25, 0.3) is 5.91 Å². The van der Waals surface area contributed by atoms with E-state index in [1.54, 1.807) is 17.2 Å². The topological polar surface area (TPSA) is 61.9 Å². The second-order valence-electron chi connectivity index (χ2n) is 6.25. The number of hydrogen-bond acceptors (Lipinski definition) is 3. The number of aromatic nitrogens is 3. The van der Waals surface area contributed by atoms with Crippen molar-refractivity contribution in [3.05, 3.63) is 59.2 Å². The first kappa shape index (κ1) is 16.6. The number of hydrogen-bond donors (Lipinski definition) is 1. The van der Waals surface area contributed by atoms with Crippen molar-refractivity contribution in [3.63, 3.8) is 0 Å². The maximum atomic E-state index is 13.2. The van der Waals surface area contributed by atoms with Gasteiger partial charge in [-0.15, -0.1) is 0 Å². The lowest BCUT2D eigenvalue weighted by atomic mass is 9.98. The van der Waals surface area contributed by atoms with Crippen LogP contribution >= 0.6 is 0 Å². The number of pyridine rings is 1. The van der Waals surface area contributed by atoms with Gasteiger partial charge in [0.2, 0.25) is 0 Å². The molecule has 0 saturated carbocycles. The largest absolute Gasteiger partial charge is 0.418 e. The standard InChI is InChI=1S/C18H15F3N4O/c1-10-11-4-3-8-22-13(11)7-9-25(10)17(26)16-23-14-6-2-5-12(15(14)24-16)18(19,20)21/h2-6,8,10H,7,9H2,1H3,(H,23,24)/t10-/m1/s1. The first-order valence-corrected chi connectivity index (χ1v) is 8.17. The van der Waals surface area contributed by atoms with E-state index in [-0.39, 0.29) is 22.9 Å². The molecule has 0 spiro atoms. The number of para-hydroxylation sites is 1. The van der Waals surface area contributed by atoms with Crippen LogP contribution in [-0.2, 0) is 12.6 Å². The van der Waals surface area contributed by atoms with Gasteiger partial charge in [0.15, 0.2) is 5.82 Å². The summed E-state index contributed by atoms with van der Waals surface area (Å²) in [6.45, 7) is 2.31. The van der Waals surface area contributed by atoms with Crippen molar-refractivity contribution in [2.75, 3.05) is 6.54 Å². The van der Waals surface area contributed by atoms with Gasteiger partial charge in [-0.3, -0.25) is 9.78 Å². The Hall–Kier alpha value is -2.90. The summed E-state index contributed by atoms with van der Waals surface area (Å²) in [6, 6.07) is 7.22. The number of rotatable bonds is 1. The summed E-state index contributed by atoms with van der Waals surface area (Å²) in [7, 11) is 0. The molecule has 1 amide bonds. The molecule has 1 N–H and O–H groups in total. The van der Waals surface area contributed by atoms with Crippen molar-refractivity contribution in [2.24, 2.45) is 0 Å². The van der Waals surface area contributed by atoms with Crippen molar-refractivity contribution < 1.29 is 18.0 Å². The van der Waals surface area contributed by atoms with Crippen LogP contribution in [0.1, 0.15) is 40.4 Å². The minimum atomic E-state index is -4.53. The van der Waals surface area contributed by atoms with Crippen molar-refractivity contribution in [1.82, 2.24) is 19.9 Å². The molecule has 4 rings (SSSR count). The van der Waals surface area contributed by atoms with Gasteiger partial charge in [-0.1, -0.05) is 12.1 Å². The van der Waals surface area contributed by atoms with Crippen LogP contribution in [0.3, 0.4) is 0 Å². The first-order chi connectivity index (χ1) is 12.4. The van der Waals surface area contributed by atoms with E-state index in [0.29, 0.717) is 13.0 Å². The normalized spacial score (nSPS) is 17.4. The average Bonchev–Trinajstić information content (AvgIpc) is 3.05. The van der Waals surface area contributed by atoms with Crippen LogP contribution in [0, 0.1) is 0 Å². The Kier molecular flexibility index (Phi) is 3.71. The second kappa shape index (κ2) is 5.82. The molecule has 8 heteroatoms. The Morgan fingerprint density at radius 1 is 1.27 bits per heavy atom. The van der Waals surface area contributed by atoms with Gasteiger partial charge in [-0.2, -0.15) is 13.2 Å². The number of benzene rings is 1. The third-order valence-electron chi connectivity index (χ3n) is 4.71. The number of amides is 1. The van der Waals surface area contributed by atoms with E-state index in [4.69, 9.17) is 0 Å². The summed E-state index contributed by atoms with van der Waals surface area (Å²) in [6.07, 6.45) is -2.22. The number of nitrogens with zero attached hydrogens (tertiary/aromatic N) is 3. The van der Waals surface area contributed by atoms with E-state index < -0.39 is 17.6 Å². The van der Waals surface area contributed by atoms with Gasteiger partial charge >= 0.3 is 6.18 Å². The summed E-state index contributed by atoms with van der Waals surface area (Å²) in [5, 5.41) is 0. The zero-order valence-corrected chi connectivity index (χ0v) is 13.8. The molecule has 5 nitrogen and oxygen atoms in total. The van der Waals surface area contributed by atoms with E-state index in [1.165, 1.54) is 12.1 Å². The third kappa shape index (κ3) is 2.61. The Morgan fingerprint density at radius 3 is 2.85 bits per heavy atom. The third-order valence-corrected chi connectivity index (χ3v) is 4.71. The molecule has 26 heavy (non-hydrogen) atoms. The van der Waals surface area contributed by atoms with E-state index in [1.807, 2.05) is 13.0 Å². The summed E-state index contributed by atoms with van der Waals surface area (Å²) >= 11 is 0. The van der Waals surface area contributed by atoms with Gasteiger partial charge in [-0.05, 0) is 30.7 Å². The molecule has 1 aliphatic heterocycles. The molecule has 3 aromatic rings. The molecule has 0 saturated heterocycles. The number of carbonyl (C=O) groups is 1. The van der Waals surface area contributed by atoms with Crippen molar-refractivity contribution in [3.8, 4) is 0 Å². The number of halogens is 3. The Morgan fingerprint density at radius 2 is 2.08 bits per heavy atom. The first-order valence-electron chi connectivity index (χ1n) is 8.17. The minimum absolute atomic E-state index is 0.0871. The molecule has 1 aromatic carbocycles. The van der Waals surface area contributed by atoms with Crippen molar-refractivity contribution in [2.45, 2.75) is 25.6 Å². The van der Waals surface area contributed by atoms with Crippen molar-refractivity contribution >= 4 is 16.9 Å². The smallest absolute Gasteiger partial charge is 0.334 e. The van der Waals surface area contributed by atoms with Crippen LogP contribution in [0.4, 0.5) is 13.2 Å². The average molecular weight is 360 g/mol. The van der Waals surface area contributed by atoms with E-state index in [9.17, 15) is 18.0 Å². The SMILES string of the molecule is C[C@@H]1c2cccnc2CCN1C(=O)c1nc2c(C(F)(F)F)cccc2[nH]1. The van der Waals surface area contributed by atoms with Gasteiger partial charge in [0.05, 0.1) is 17.1 Å². The summed E-state index contributed by atoms with van der Waals surface area (Å²) in [5.41, 5.74) is 0.976. The fourth-order valence-electron chi connectivity index (χ4n) is 3.40. The van der Waals surface area contributed by atoms with Crippen LogP contribution in [0.2, 0.25) is 0 Å². The lowest BCUT2D eigenvalue weighted by Gasteiger charge is -2.34. The Balaban J connectivity index is 1.71. The summed E-state index contributed by atoms with van der Waals surface area (Å²) in [4.78, 5) is 25.5. The molecule has 0 unspecified atom stereocenters. The van der Waals surface area contributed by atoms with Gasteiger partial charge < -0.3 is 9.88 Å². The summed E-state index contributed by atoms with van der Waals surface area (Å²) in [5.74, 6) is -0.507. The molecule has 2 aromatic heterocycles. The van der Waals surface area contributed by atoms with Crippen LogP contribution in [-0.4, -0.2) is 32.3 Å². The second-order valence-corrected chi connectivity index (χ2v) is 6.25. The fraction of sp³-hybridized carbons (Fsp3) is 0.278. The monoisotopic (exact) mass is 360 g/mol. The van der Waals surface area contributed by atoms with Crippen molar-refractivity contribution in [1.29, 1.82) is 0 Å². The summed E-state index contributed by atoms with van der Waals surface area (Å²) < 4.78 is 39.5. The molecule has 0 radical (unpaired) electrons. The Bertz CT molecular complexity index is 996. The molecule has 0 aliphatic carbocycles. The number of H-pyrrole nitrogens is 1. The molecule has 0 bridgehead atoms. The highest BCUT2D eigenvalue weighted by molar-refractivity contribution is 5.95. The van der Waals surface area contributed by atoms with Crippen LogP contribution < -0.4 is 0 Å². The molecular weight excluding hydrogens is 345 g/mol. The molecule has 0 fully saturated rings. The number of fused-ring (bicyclic) bond motifs is 2. The van der Waals surface area contributed by atoms with E-state index in [0.717, 1.165) is 17.3 Å². The quantitative estimate of drug-likeness (QED) is 0.719. The predicted molar refractivity (Wildman–Crippen MR) is 88.5 cm³/mol. The number of alkyl halides is 3. The number of carbonyl (C=O) groups excluding carboxylic acids is 1. The number of imidazole rings is 1. The van der Waals surface area contributed by atoms with E-state index >= 15 is 0 Å². The zero-order valence-electron chi connectivity index (χ0n) is 13.8. The van der Waals surface area contributed by atoms with Gasteiger partial charge in [0, 0.05) is 24.9 Å². The molecule has 1 atom stereocenters.